The molecular formula is C15H23N3O2. The molecule has 5 nitrogen and oxygen atoms in total. The fourth-order valence-electron chi connectivity index (χ4n) is 2.55. The van der Waals surface area contributed by atoms with Crippen molar-refractivity contribution in [3.8, 4) is 0 Å². The van der Waals surface area contributed by atoms with E-state index in [1.165, 1.54) is 0 Å². The molecule has 0 aliphatic carbocycles. The fourth-order valence-corrected chi connectivity index (χ4v) is 2.55. The van der Waals surface area contributed by atoms with Gasteiger partial charge in [0.2, 0.25) is 5.91 Å². The van der Waals surface area contributed by atoms with Gasteiger partial charge in [-0.1, -0.05) is 6.92 Å². The van der Waals surface area contributed by atoms with E-state index < -0.39 is 0 Å². The predicted octanol–water partition coefficient (Wildman–Crippen LogP) is 1.50. The molecule has 1 aliphatic heterocycles. The van der Waals surface area contributed by atoms with Gasteiger partial charge in [-0.05, 0) is 18.9 Å². The second-order valence-electron chi connectivity index (χ2n) is 5.34. The lowest BCUT2D eigenvalue weighted by molar-refractivity contribution is -0.131. The van der Waals surface area contributed by atoms with E-state index in [9.17, 15) is 9.59 Å². The summed E-state index contributed by atoms with van der Waals surface area (Å²) in [6, 6.07) is 1.84. The van der Waals surface area contributed by atoms with E-state index >= 15 is 0 Å². The smallest absolute Gasteiger partial charge is 0.255 e. The Balaban J connectivity index is 1.95. The first-order chi connectivity index (χ1) is 9.61. The third-order valence-electron chi connectivity index (χ3n) is 3.68. The molecule has 1 aromatic heterocycles. The van der Waals surface area contributed by atoms with Crippen LogP contribution in [0.5, 0.6) is 0 Å². The Morgan fingerprint density at radius 1 is 1.15 bits per heavy atom. The predicted molar refractivity (Wildman–Crippen MR) is 77.4 cm³/mol. The number of carbonyl (C=O) groups excluding carboxylic acids is 2. The highest BCUT2D eigenvalue weighted by Gasteiger charge is 2.22. The van der Waals surface area contributed by atoms with Gasteiger partial charge < -0.3 is 14.4 Å². The molecule has 0 N–H and O–H groups in total. The van der Waals surface area contributed by atoms with Crippen molar-refractivity contribution < 1.29 is 9.59 Å². The molecule has 0 saturated carbocycles. The quantitative estimate of drug-likeness (QED) is 0.840. The van der Waals surface area contributed by atoms with Gasteiger partial charge in [0.1, 0.15) is 0 Å². The zero-order chi connectivity index (χ0) is 14.5. The summed E-state index contributed by atoms with van der Waals surface area (Å²) in [6.07, 6.45) is 6.05. The van der Waals surface area contributed by atoms with Gasteiger partial charge in [0.05, 0.1) is 5.56 Å². The Labute approximate surface area is 120 Å². The van der Waals surface area contributed by atoms with Gasteiger partial charge in [-0.15, -0.1) is 0 Å². The second-order valence-corrected chi connectivity index (χ2v) is 5.34. The SMILES string of the molecule is CCCC(=O)N1CCCN(C(=O)c2ccn(C)c2)CC1. The molecular weight excluding hydrogens is 254 g/mol. The number of rotatable bonds is 3. The van der Waals surface area contributed by atoms with Gasteiger partial charge in [-0.25, -0.2) is 0 Å². The zero-order valence-electron chi connectivity index (χ0n) is 12.3. The number of aryl methyl sites for hydroxylation is 1. The van der Waals surface area contributed by atoms with Crippen molar-refractivity contribution in [1.29, 1.82) is 0 Å². The molecule has 0 radical (unpaired) electrons. The van der Waals surface area contributed by atoms with Crippen molar-refractivity contribution >= 4 is 11.8 Å². The molecule has 0 atom stereocenters. The molecule has 1 aliphatic rings. The Bertz CT molecular complexity index is 481. The van der Waals surface area contributed by atoms with E-state index in [0.29, 0.717) is 19.5 Å². The van der Waals surface area contributed by atoms with Crippen molar-refractivity contribution in [2.24, 2.45) is 7.05 Å². The maximum absolute atomic E-state index is 12.4. The highest BCUT2D eigenvalue weighted by molar-refractivity contribution is 5.94. The molecule has 2 rings (SSSR count). The van der Waals surface area contributed by atoms with Crippen LogP contribution >= 0.6 is 0 Å². The molecule has 5 heteroatoms. The van der Waals surface area contributed by atoms with Crippen LogP contribution in [0.4, 0.5) is 0 Å². The normalized spacial score (nSPS) is 16.1. The van der Waals surface area contributed by atoms with Crippen molar-refractivity contribution in [2.75, 3.05) is 26.2 Å². The third kappa shape index (κ3) is 3.40. The molecule has 110 valence electrons. The van der Waals surface area contributed by atoms with Crippen LogP contribution in [0.2, 0.25) is 0 Å². The summed E-state index contributed by atoms with van der Waals surface area (Å²) >= 11 is 0. The van der Waals surface area contributed by atoms with Crippen LogP contribution in [-0.4, -0.2) is 52.4 Å². The van der Waals surface area contributed by atoms with Crippen molar-refractivity contribution in [2.45, 2.75) is 26.2 Å². The van der Waals surface area contributed by atoms with Crippen molar-refractivity contribution in [3.63, 3.8) is 0 Å². The van der Waals surface area contributed by atoms with E-state index in [1.54, 1.807) is 0 Å². The second kappa shape index (κ2) is 6.59. The summed E-state index contributed by atoms with van der Waals surface area (Å²) in [4.78, 5) is 28.0. The number of carbonyl (C=O) groups is 2. The minimum Gasteiger partial charge on any atom is -0.356 e. The number of hydrogen-bond acceptors (Lipinski definition) is 2. The van der Waals surface area contributed by atoms with Gasteiger partial charge >= 0.3 is 0 Å². The summed E-state index contributed by atoms with van der Waals surface area (Å²) in [5.74, 6) is 0.275. The molecule has 0 unspecified atom stereocenters. The molecule has 0 bridgehead atoms. The molecule has 0 spiro atoms. The standard InChI is InChI=1S/C15H23N3O2/c1-3-5-14(19)17-7-4-8-18(11-10-17)15(20)13-6-9-16(2)12-13/h6,9,12H,3-5,7-8,10-11H2,1-2H3. The first-order valence-electron chi connectivity index (χ1n) is 7.31. The van der Waals surface area contributed by atoms with Gasteiger partial charge in [-0.2, -0.15) is 0 Å². The lowest BCUT2D eigenvalue weighted by atomic mass is 10.3. The lowest BCUT2D eigenvalue weighted by Crippen LogP contribution is -2.37. The average Bonchev–Trinajstić information content (AvgIpc) is 2.72. The Morgan fingerprint density at radius 3 is 2.50 bits per heavy atom. The maximum atomic E-state index is 12.4. The van der Waals surface area contributed by atoms with Crippen molar-refractivity contribution in [1.82, 2.24) is 14.4 Å². The van der Waals surface area contributed by atoms with Crippen LogP contribution in [0, 0.1) is 0 Å². The zero-order valence-corrected chi connectivity index (χ0v) is 12.3. The average molecular weight is 277 g/mol. The summed E-state index contributed by atoms with van der Waals surface area (Å²) in [7, 11) is 1.91. The molecule has 20 heavy (non-hydrogen) atoms. The van der Waals surface area contributed by atoms with Gasteiger partial charge in [-0.3, -0.25) is 9.59 Å². The molecule has 0 aromatic carbocycles. The third-order valence-corrected chi connectivity index (χ3v) is 3.68. The highest BCUT2D eigenvalue weighted by atomic mass is 16.2. The number of hydrogen-bond donors (Lipinski definition) is 0. The van der Waals surface area contributed by atoms with Crippen LogP contribution in [0.3, 0.4) is 0 Å². The minimum atomic E-state index is 0.0652. The lowest BCUT2D eigenvalue weighted by Gasteiger charge is -2.21. The number of amides is 2. The van der Waals surface area contributed by atoms with Crippen LogP contribution < -0.4 is 0 Å². The Morgan fingerprint density at radius 2 is 1.85 bits per heavy atom. The van der Waals surface area contributed by atoms with Crippen LogP contribution in [0.25, 0.3) is 0 Å². The van der Waals surface area contributed by atoms with Crippen LogP contribution in [0.15, 0.2) is 18.5 Å². The number of nitrogens with zero attached hydrogens (tertiary/aromatic N) is 3. The van der Waals surface area contributed by atoms with Gasteiger partial charge in [0.15, 0.2) is 0 Å². The van der Waals surface area contributed by atoms with E-state index in [1.807, 2.05) is 46.8 Å². The summed E-state index contributed by atoms with van der Waals surface area (Å²) in [6.45, 7) is 4.78. The van der Waals surface area contributed by atoms with Gasteiger partial charge in [0.25, 0.3) is 5.91 Å². The topological polar surface area (TPSA) is 45.6 Å². The molecule has 2 amide bonds. The van der Waals surface area contributed by atoms with Crippen LogP contribution in [0.1, 0.15) is 36.5 Å². The highest BCUT2D eigenvalue weighted by Crippen LogP contribution is 2.10. The van der Waals surface area contributed by atoms with E-state index in [4.69, 9.17) is 0 Å². The Hall–Kier alpha value is -1.78. The fraction of sp³-hybridized carbons (Fsp3) is 0.600. The molecule has 1 fully saturated rings. The molecule has 1 saturated heterocycles. The number of aromatic nitrogens is 1. The summed E-state index contributed by atoms with van der Waals surface area (Å²) in [5.41, 5.74) is 0.723. The Kier molecular flexibility index (Phi) is 4.82. The van der Waals surface area contributed by atoms with E-state index in [2.05, 4.69) is 0 Å². The largest absolute Gasteiger partial charge is 0.356 e. The van der Waals surface area contributed by atoms with E-state index in [0.717, 1.165) is 31.5 Å². The summed E-state index contributed by atoms with van der Waals surface area (Å²) in [5, 5.41) is 0. The first-order valence-corrected chi connectivity index (χ1v) is 7.31. The molecule has 2 heterocycles. The minimum absolute atomic E-state index is 0.0652. The van der Waals surface area contributed by atoms with Crippen molar-refractivity contribution in [3.05, 3.63) is 24.0 Å². The first kappa shape index (κ1) is 14.6. The molecule has 1 aromatic rings. The monoisotopic (exact) mass is 277 g/mol. The maximum Gasteiger partial charge on any atom is 0.255 e. The van der Waals surface area contributed by atoms with E-state index in [-0.39, 0.29) is 11.8 Å². The summed E-state index contributed by atoms with van der Waals surface area (Å²) < 4.78 is 1.88. The van der Waals surface area contributed by atoms with Gasteiger partial charge in [0, 0.05) is 52.0 Å². The van der Waals surface area contributed by atoms with Crippen LogP contribution in [-0.2, 0) is 11.8 Å².